The van der Waals surface area contributed by atoms with Gasteiger partial charge in [0.25, 0.3) is 5.91 Å². The molecule has 1 unspecified atom stereocenters. The van der Waals surface area contributed by atoms with Crippen LogP contribution in [-0.4, -0.2) is 10.8 Å². The van der Waals surface area contributed by atoms with Gasteiger partial charge < -0.3 is 13.7 Å². The number of rotatable bonds is 3. The zero-order valence-corrected chi connectivity index (χ0v) is 15.5. The van der Waals surface area contributed by atoms with Crippen molar-refractivity contribution in [1.29, 1.82) is 0 Å². The summed E-state index contributed by atoms with van der Waals surface area (Å²) in [5.41, 5.74) is 1.30. The first-order valence-corrected chi connectivity index (χ1v) is 9.19. The lowest BCUT2D eigenvalue weighted by molar-refractivity contribution is 0.0699. The Hall–Kier alpha value is -3.67. The number of benzene rings is 2. The lowest BCUT2D eigenvalue weighted by Gasteiger charge is -2.24. The van der Waals surface area contributed by atoms with Gasteiger partial charge in [0.15, 0.2) is 5.43 Å². The highest BCUT2D eigenvalue weighted by Crippen LogP contribution is 2.40. The molecule has 4 aromatic rings. The van der Waals surface area contributed by atoms with Gasteiger partial charge in [-0.1, -0.05) is 29.8 Å². The van der Waals surface area contributed by atoms with Crippen molar-refractivity contribution in [2.75, 3.05) is 0 Å². The molecule has 2 aromatic heterocycles. The molecule has 1 atom stereocenters. The molecule has 1 aliphatic heterocycles. The third-order valence-electron chi connectivity index (χ3n) is 5.23. The van der Waals surface area contributed by atoms with Gasteiger partial charge in [-0.3, -0.25) is 9.59 Å². The number of nitrogens with zero attached hydrogens (tertiary/aromatic N) is 1. The zero-order chi connectivity index (χ0) is 20.1. The van der Waals surface area contributed by atoms with Crippen molar-refractivity contribution in [2.24, 2.45) is 0 Å². The van der Waals surface area contributed by atoms with Crippen LogP contribution in [-0.2, 0) is 6.54 Å². The molecule has 5 rings (SSSR count). The van der Waals surface area contributed by atoms with Crippen molar-refractivity contribution in [1.82, 2.24) is 4.90 Å². The van der Waals surface area contributed by atoms with Crippen LogP contribution in [0.2, 0.25) is 0 Å². The van der Waals surface area contributed by atoms with E-state index in [4.69, 9.17) is 8.83 Å². The topological polar surface area (TPSA) is 63.7 Å². The molecule has 3 heterocycles. The maximum Gasteiger partial charge on any atom is 0.291 e. The van der Waals surface area contributed by atoms with Gasteiger partial charge in [-0.05, 0) is 37.3 Å². The molecular weight excluding hydrogens is 373 g/mol. The number of carbonyl (C=O) groups is 1. The van der Waals surface area contributed by atoms with E-state index < -0.39 is 17.8 Å². The maximum atomic E-state index is 14.7. The second-order valence-electron chi connectivity index (χ2n) is 7.11. The van der Waals surface area contributed by atoms with Gasteiger partial charge >= 0.3 is 0 Å². The van der Waals surface area contributed by atoms with Crippen LogP contribution in [0.3, 0.4) is 0 Å². The van der Waals surface area contributed by atoms with E-state index in [-0.39, 0.29) is 28.9 Å². The smallest absolute Gasteiger partial charge is 0.291 e. The van der Waals surface area contributed by atoms with Crippen molar-refractivity contribution in [3.63, 3.8) is 0 Å². The van der Waals surface area contributed by atoms with Crippen LogP contribution >= 0.6 is 0 Å². The van der Waals surface area contributed by atoms with Gasteiger partial charge in [0.1, 0.15) is 17.2 Å². The molecule has 0 N–H and O–H groups in total. The van der Waals surface area contributed by atoms with Gasteiger partial charge in [-0.2, -0.15) is 0 Å². The first-order chi connectivity index (χ1) is 14.0. The third kappa shape index (κ3) is 2.68. The lowest BCUT2D eigenvalue weighted by Crippen LogP contribution is -2.29. The van der Waals surface area contributed by atoms with E-state index in [0.29, 0.717) is 16.7 Å². The number of amides is 1. The lowest BCUT2D eigenvalue weighted by atomic mass is 9.97. The molecule has 0 spiro atoms. The van der Waals surface area contributed by atoms with Crippen LogP contribution in [0, 0.1) is 12.7 Å². The van der Waals surface area contributed by atoms with Gasteiger partial charge in [-0.15, -0.1) is 0 Å². The number of hydrogen-bond donors (Lipinski definition) is 0. The Kier molecular flexibility index (Phi) is 3.87. The molecule has 0 bridgehead atoms. The van der Waals surface area contributed by atoms with Crippen molar-refractivity contribution >= 4 is 16.9 Å². The number of hydrogen-bond acceptors (Lipinski definition) is 4. The molecule has 0 fully saturated rings. The average molecular weight is 389 g/mol. The number of halogens is 1. The number of furan rings is 1. The summed E-state index contributed by atoms with van der Waals surface area (Å²) >= 11 is 0. The van der Waals surface area contributed by atoms with E-state index in [1.165, 1.54) is 17.2 Å². The molecule has 5 nitrogen and oxygen atoms in total. The molecule has 0 saturated heterocycles. The van der Waals surface area contributed by atoms with Crippen LogP contribution in [0.25, 0.3) is 11.0 Å². The summed E-state index contributed by atoms with van der Waals surface area (Å²) in [7, 11) is 0. The zero-order valence-electron chi connectivity index (χ0n) is 15.5. The summed E-state index contributed by atoms with van der Waals surface area (Å²) < 4.78 is 26.0. The van der Waals surface area contributed by atoms with Crippen LogP contribution in [0.15, 0.2) is 74.5 Å². The molecule has 144 valence electrons. The molecule has 0 radical (unpaired) electrons. The van der Waals surface area contributed by atoms with Crippen LogP contribution in [0.4, 0.5) is 4.39 Å². The van der Waals surface area contributed by atoms with Crippen LogP contribution in [0.1, 0.15) is 39.0 Å². The summed E-state index contributed by atoms with van der Waals surface area (Å²) in [4.78, 5) is 28.0. The first kappa shape index (κ1) is 17.4. The number of fused-ring (bicyclic) bond motifs is 2. The number of carbonyl (C=O) groups excluding carboxylic acids is 1. The molecule has 0 aliphatic carbocycles. The summed E-state index contributed by atoms with van der Waals surface area (Å²) in [6.07, 6.45) is 1.50. The third-order valence-corrected chi connectivity index (χ3v) is 5.23. The monoisotopic (exact) mass is 389 g/mol. The van der Waals surface area contributed by atoms with Gasteiger partial charge in [0, 0.05) is 5.56 Å². The molecule has 6 heteroatoms. The van der Waals surface area contributed by atoms with Crippen molar-refractivity contribution in [3.8, 4) is 0 Å². The van der Waals surface area contributed by atoms with E-state index in [0.717, 1.165) is 5.56 Å². The van der Waals surface area contributed by atoms with Gasteiger partial charge in [-0.25, -0.2) is 4.39 Å². The normalized spacial score (nSPS) is 15.9. The van der Waals surface area contributed by atoms with Crippen molar-refractivity contribution in [2.45, 2.75) is 19.5 Å². The van der Waals surface area contributed by atoms with E-state index in [1.54, 1.807) is 42.5 Å². The van der Waals surface area contributed by atoms with Crippen LogP contribution in [0.5, 0.6) is 0 Å². The Morgan fingerprint density at radius 1 is 1.07 bits per heavy atom. The quantitative estimate of drug-likeness (QED) is 0.515. The fourth-order valence-electron chi connectivity index (χ4n) is 3.89. The Morgan fingerprint density at radius 2 is 1.90 bits per heavy atom. The SMILES string of the molecule is Cc1ccc2oc3c(c(=O)c2c1)C(c1ccccc1F)N(Cc1ccco1)C3=O. The molecule has 1 aliphatic rings. The van der Waals surface area contributed by atoms with E-state index >= 15 is 0 Å². The maximum absolute atomic E-state index is 14.7. The van der Waals surface area contributed by atoms with Gasteiger partial charge in [0.05, 0.1) is 29.8 Å². The molecule has 2 aromatic carbocycles. The van der Waals surface area contributed by atoms with E-state index in [1.807, 2.05) is 13.0 Å². The Morgan fingerprint density at radius 3 is 2.66 bits per heavy atom. The average Bonchev–Trinajstić information content (AvgIpc) is 3.31. The predicted octanol–water partition coefficient (Wildman–Crippen LogP) is 4.58. The van der Waals surface area contributed by atoms with Crippen molar-refractivity contribution in [3.05, 3.63) is 105 Å². The predicted molar refractivity (Wildman–Crippen MR) is 104 cm³/mol. The fraction of sp³-hybridized carbons (Fsp3) is 0.130. The second kappa shape index (κ2) is 6.44. The molecule has 0 saturated carbocycles. The minimum Gasteiger partial charge on any atom is -0.467 e. The first-order valence-electron chi connectivity index (χ1n) is 9.19. The summed E-state index contributed by atoms with van der Waals surface area (Å²) in [5.74, 6) is -0.484. The highest BCUT2D eigenvalue weighted by atomic mass is 19.1. The minimum absolute atomic E-state index is 0.0498. The minimum atomic E-state index is -0.898. The molecular formula is C23H16FNO4. The summed E-state index contributed by atoms with van der Waals surface area (Å²) in [6.45, 7) is 1.96. The highest BCUT2D eigenvalue weighted by Gasteiger charge is 2.44. The Labute approximate surface area is 165 Å². The van der Waals surface area contributed by atoms with E-state index in [2.05, 4.69) is 0 Å². The van der Waals surface area contributed by atoms with Crippen LogP contribution < -0.4 is 5.43 Å². The van der Waals surface area contributed by atoms with Gasteiger partial charge in [0.2, 0.25) is 5.76 Å². The number of aryl methyl sites for hydroxylation is 1. The molecule has 1 amide bonds. The fourth-order valence-corrected chi connectivity index (χ4v) is 3.89. The summed E-state index contributed by atoms with van der Waals surface area (Å²) in [5, 5.41) is 0.373. The van der Waals surface area contributed by atoms with E-state index in [9.17, 15) is 14.0 Å². The Bertz CT molecular complexity index is 1310. The summed E-state index contributed by atoms with van der Waals surface area (Å²) in [6, 6.07) is 13.9. The Balaban J connectivity index is 1.78. The van der Waals surface area contributed by atoms with Crippen molar-refractivity contribution < 1.29 is 18.0 Å². The highest BCUT2D eigenvalue weighted by molar-refractivity contribution is 5.99. The standard InChI is InChI=1S/C23H16FNO4/c1-13-8-9-18-16(11-13)21(26)19-20(15-6-2-3-7-17(15)24)25(23(27)22(19)29-18)12-14-5-4-10-28-14/h2-11,20H,12H2,1H3. The molecule has 29 heavy (non-hydrogen) atoms. The largest absolute Gasteiger partial charge is 0.467 e. The second-order valence-corrected chi connectivity index (χ2v) is 7.11.